The van der Waals surface area contributed by atoms with Crippen molar-refractivity contribution in [1.29, 1.82) is 0 Å². The number of hydrogen-bond donors (Lipinski definition) is 2. The standard InChI is InChI=1S/C14H20ClN3O3/c1-9(5-4-6-13(20)21)16-12(19)8-7-11-10(2)17-18(3)14(11)15/h7-9H,4-6H2,1-3H3,(H,16,19)(H,20,21)/b8-7+. The molecular formula is C14H20ClN3O3. The van der Waals surface area contributed by atoms with Gasteiger partial charge in [-0.3, -0.25) is 14.3 Å². The van der Waals surface area contributed by atoms with Crippen molar-refractivity contribution in [2.45, 2.75) is 39.2 Å². The zero-order chi connectivity index (χ0) is 16.0. The minimum absolute atomic E-state index is 0.0769. The van der Waals surface area contributed by atoms with Crippen molar-refractivity contribution in [3.05, 3.63) is 22.5 Å². The second kappa shape index (κ2) is 7.83. The fourth-order valence-electron chi connectivity index (χ4n) is 1.92. The predicted molar refractivity (Wildman–Crippen MR) is 81.1 cm³/mol. The zero-order valence-electron chi connectivity index (χ0n) is 12.4. The maximum Gasteiger partial charge on any atom is 0.303 e. The van der Waals surface area contributed by atoms with E-state index < -0.39 is 5.97 Å². The van der Waals surface area contributed by atoms with E-state index in [1.54, 1.807) is 17.8 Å². The summed E-state index contributed by atoms with van der Waals surface area (Å²) in [6, 6.07) is -0.0769. The van der Waals surface area contributed by atoms with E-state index in [1.807, 2.05) is 13.8 Å². The Morgan fingerprint density at radius 1 is 1.52 bits per heavy atom. The molecule has 0 radical (unpaired) electrons. The van der Waals surface area contributed by atoms with Crippen molar-refractivity contribution in [3.8, 4) is 0 Å². The van der Waals surface area contributed by atoms with E-state index in [2.05, 4.69) is 10.4 Å². The molecule has 1 unspecified atom stereocenters. The molecule has 1 aromatic heterocycles. The number of carboxylic acids is 1. The largest absolute Gasteiger partial charge is 0.481 e. The zero-order valence-corrected chi connectivity index (χ0v) is 13.1. The summed E-state index contributed by atoms with van der Waals surface area (Å²) in [4.78, 5) is 22.2. The Morgan fingerprint density at radius 2 is 2.19 bits per heavy atom. The van der Waals surface area contributed by atoms with E-state index in [1.165, 1.54) is 6.08 Å². The van der Waals surface area contributed by atoms with Crippen LogP contribution in [0.25, 0.3) is 6.08 Å². The summed E-state index contributed by atoms with van der Waals surface area (Å²) in [5.41, 5.74) is 1.47. The van der Waals surface area contributed by atoms with Crippen molar-refractivity contribution < 1.29 is 14.7 Å². The highest BCUT2D eigenvalue weighted by Gasteiger charge is 2.09. The van der Waals surface area contributed by atoms with Crippen molar-refractivity contribution in [1.82, 2.24) is 15.1 Å². The lowest BCUT2D eigenvalue weighted by molar-refractivity contribution is -0.137. The van der Waals surface area contributed by atoms with Gasteiger partial charge in [0.2, 0.25) is 5.91 Å². The fourth-order valence-corrected chi connectivity index (χ4v) is 2.15. The SMILES string of the molecule is Cc1nn(C)c(Cl)c1/C=C/C(=O)NC(C)CCCC(=O)O. The van der Waals surface area contributed by atoms with E-state index in [4.69, 9.17) is 16.7 Å². The second-order valence-electron chi connectivity index (χ2n) is 4.94. The number of nitrogens with zero attached hydrogens (tertiary/aromatic N) is 2. The summed E-state index contributed by atoms with van der Waals surface area (Å²) >= 11 is 6.06. The molecule has 0 aliphatic carbocycles. The molecule has 6 nitrogen and oxygen atoms in total. The highest BCUT2D eigenvalue weighted by Crippen LogP contribution is 2.19. The van der Waals surface area contributed by atoms with Gasteiger partial charge in [-0.1, -0.05) is 11.6 Å². The smallest absolute Gasteiger partial charge is 0.303 e. The van der Waals surface area contributed by atoms with Crippen LogP contribution in [0.15, 0.2) is 6.08 Å². The van der Waals surface area contributed by atoms with E-state index in [9.17, 15) is 9.59 Å². The second-order valence-corrected chi connectivity index (χ2v) is 5.30. The maximum atomic E-state index is 11.8. The minimum Gasteiger partial charge on any atom is -0.481 e. The number of hydrogen-bond acceptors (Lipinski definition) is 3. The van der Waals surface area contributed by atoms with Crippen LogP contribution in [0, 0.1) is 6.92 Å². The lowest BCUT2D eigenvalue weighted by Crippen LogP contribution is -2.31. The Kier molecular flexibility index (Phi) is 6.42. The molecule has 1 heterocycles. The molecule has 0 aromatic carbocycles. The Labute approximate surface area is 128 Å². The highest BCUT2D eigenvalue weighted by atomic mass is 35.5. The van der Waals surface area contributed by atoms with Gasteiger partial charge in [-0.15, -0.1) is 0 Å². The molecule has 0 aliphatic rings. The van der Waals surface area contributed by atoms with Gasteiger partial charge in [-0.05, 0) is 32.8 Å². The van der Waals surface area contributed by atoms with Crippen LogP contribution in [-0.4, -0.2) is 32.8 Å². The molecule has 1 amide bonds. The highest BCUT2D eigenvalue weighted by molar-refractivity contribution is 6.31. The summed E-state index contributed by atoms with van der Waals surface area (Å²) in [5, 5.41) is 16.0. The molecule has 7 heteroatoms. The van der Waals surface area contributed by atoms with E-state index in [0.717, 1.165) is 5.69 Å². The van der Waals surface area contributed by atoms with Gasteiger partial charge in [0.15, 0.2) is 0 Å². The molecule has 1 atom stereocenters. The number of carbonyl (C=O) groups excluding carboxylic acids is 1. The van der Waals surface area contributed by atoms with Gasteiger partial charge in [0.1, 0.15) is 5.15 Å². The first-order valence-electron chi connectivity index (χ1n) is 6.70. The van der Waals surface area contributed by atoms with Crippen molar-refractivity contribution in [2.75, 3.05) is 0 Å². The first-order valence-corrected chi connectivity index (χ1v) is 7.08. The average molecular weight is 314 g/mol. The van der Waals surface area contributed by atoms with Crippen LogP contribution in [0.4, 0.5) is 0 Å². The van der Waals surface area contributed by atoms with Gasteiger partial charge in [0.25, 0.3) is 0 Å². The monoisotopic (exact) mass is 313 g/mol. The van der Waals surface area contributed by atoms with Gasteiger partial charge in [0, 0.05) is 31.1 Å². The van der Waals surface area contributed by atoms with Gasteiger partial charge in [-0.2, -0.15) is 5.10 Å². The average Bonchev–Trinajstić information content (AvgIpc) is 2.60. The molecule has 116 valence electrons. The van der Waals surface area contributed by atoms with Crippen LogP contribution in [0.5, 0.6) is 0 Å². The lowest BCUT2D eigenvalue weighted by Gasteiger charge is -2.11. The Morgan fingerprint density at radius 3 is 2.71 bits per heavy atom. The molecule has 0 aliphatic heterocycles. The molecule has 2 N–H and O–H groups in total. The third-order valence-corrected chi connectivity index (χ3v) is 3.46. The normalized spacial score (nSPS) is 12.6. The third-order valence-electron chi connectivity index (χ3n) is 3.01. The molecule has 1 rings (SSSR count). The maximum absolute atomic E-state index is 11.8. The Bertz CT molecular complexity index is 552. The number of nitrogens with one attached hydrogen (secondary N) is 1. The quantitative estimate of drug-likeness (QED) is 0.755. The van der Waals surface area contributed by atoms with Crippen LogP contribution in [0.1, 0.15) is 37.4 Å². The number of rotatable bonds is 7. The molecule has 21 heavy (non-hydrogen) atoms. The van der Waals surface area contributed by atoms with Gasteiger partial charge < -0.3 is 10.4 Å². The van der Waals surface area contributed by atoms with Crippen LogP contribution in [0.3, 0.4) is 0 Å². The van der Waals surface area contributed by atoms with Crippen LogP contribution in [-0.2, 0) is 16.6 Å². The number of carbonyl (C=O) groups is 2. The topological polar surface area (TPSA) is 84.2 Å². The number of aryl methyl sites for hydroxylation is 2. The van der Waals surface area contributed by atoms with E-state index in [0.29, 0.717) is 23.6 Å². The molecule has 0 saturated heterocycles. The van der Waals surface area contributed by atoms with E-state index in [-0.39, 0.29) is 18.4 Å². The summed E-state index contributed by atoms with van der Waals surface area (Å²) in [6.45, 7) is 3.66. The number of carboxylic acid groups (broad SMARTS) is 1. The van der Waals surface area contributed by atoms with Gasteiger partial charge in [0.05, 0.1) is 5.69 Å². The molecule has 0 bridgehead atoms. The van der Waals surface area contributed by atoms with Crippen molar-refractivity contribution in [2.24, 2.45) is 7.05 Å². The van der Waals surface area contributed by atoms with Crippen LogP contribution >= 0.6 is 11.6 Å². The molecule has 1 aromatic rings. The summed E-state index contributed by atoms with van der Waals surface area (Å²) in [7, 11) is 1.73. The number of halogens is 1. The molecule has 0 saturated carbocycles. The van der Waals surface area contributed by atoms with Crippen molar-refractivity contribution >= 4 is 29.6 Å². The Balaban J connectivity index is 2.49. The first kappa shape index (κ1) is 17.2. The predicted octanol–water partition coefficient (Wildman–Crippen LogP) is 2.15. The van der Waals surface area contributed by atoms with Crippen molar-refractivity contribution in [3.63, 3.8) is 0 Å². The van der Waals surface area contributed by atoms with Crippen LogP contribution in [0.2, 0.25) is 5.15 Å². The minimum atomic E-state index is -0.824. The van der Waals surface area contributed by atoms with E-state index >= 15 is 0 Å². The third kappa shape index (κ3) is 5.59. The van der Waals surface area contributed by atoms with Gasteiger partial charge in [-0.25, -0.2) is 0 Å². The number of aromatic nitrogens is 2. The first-order chi connectivity index (χ1) is 9.81. The number of aliphatic carboxylic acids is 1. The molecular weight excluding hydrogens is 294 g/mol. The molecule has 0 spiro atoms. The summed E-state index contributed by atoms with van der Waals surface area (Å²) in [5.74, 6) is -1.06. The van der Waals surface area contributed by atoms with Gasteiger partial charge >= 0.3 is 5.97 Å². The summed E-state index contributed by atoms with van der Waals surface area (Å²) < 4.78 is 1.54. The lowest BCUT2D eigenvalue weighted by atomic mass is 10.1. The fraction of sp³-hybridized carbons (Fsp3) is 0.500. The van der Waals surface area contributed by atoms with Crippen LogP contribution < -0.4 is 5.32 Å². The number of amides is 1. The Hall–Kier alpha value is -1.82. The summed E-state index contributed by atoms with van der Waals surface area (Å²) in [6.07, 6.45) is 4.31. The molecule has 0 fully saturated rings.